The number of carbonyl (C=O) groups excluding carboxylic acids is 1. The third kappa shape index (κ3) is 3.38. The van der Waals surface area contributed by atoms with Crippen LogP contribution in [0.15, 0.2) is 24.3 Å². The van der Waals surface area contributed by atoms with E-state index in [1.807, 2.05) is 12.1 Å². The molecule has 2 aliphatic heterocycles. The molecule has 2 aliphatic rings. The van der Waals surface area contributed by atoms with Crippen LogP contribution in [0, 0.1) is 5.41 Å². The van der Waals surface area contributed by atoms with E-state index in [1.165, 1.54) is 5.56 Å². The molecule has 1 aromatic rings. The highest BCUT2D eigenvalue weighted by atomic mass is 16.5. The lowest BCUT2D eigenvalue weighted by molar-refractivity contribution is -0.122. The quantitative estimate of drug-likeness (QED) is 0.897. The van der Waals surface area contributed by atoms with Crippen molar-refractivity contribution >= 4 is 11.6 Å². The number of aryl methyl sites for hydroxylation is 1. The van der Waals surface area contributed by atoms with Crippen molar-refractivity contribution < 1.29 is 9.53 Å². The second-order valence-corrected chi connectivity index (χ2v) is 6.53. The van der Waals surface area contributed by atoms with Gasteiger partial charge < -0.3 is 15.4 Å². The zero-order valence-corrected chi connectivity index (χ0v) is 12.7. The number of rotatable bonds is 3. The minimum absolute atomic E-state index is 0.108. The molecule has 2 N–H and O–H groups in total. The zero-order valence-electron chi connectivity index (χ0n) is 12.7. The molecule has 3 rings (SSSR count). The van der Waals surface area contributed by atoms with Gasteiger partial charge in [0.25, 0.3) is 0 Å². The Morgan fingerprint density at radius 3 is 2.95 bits per heavy atom. The Balaban J connectivity index is 1.55. The summed E-state index contributed by atoms with van der Waals surface area (Å²) in [5.74, 6) is 0.122. The highest BCUT2D eigenvalue weighted by molar-refractivity contribution is 5.85. The summed E-state index contributed by atoms with van der Waals surface area (Å²) in [5, 5.41) is 6.50. The van der Waals surface area contributed by atoms with Crippen LogP contribution in [0.5, 0.6) is 0 Å². The van der Waals surface area contributed by atoms with Gasteiger partial charge in [0.05, 0.1) is 0 Å². The van der Waals surface area contributed by atoms with Crippen molar-refractivity contribution in [3.8, 4) is 0 Å². The largest absolute Gasteiger partial charge is 0.381 e. The highest BCUT2D eigenvalue weighted by Gasteiger charge is 2.30. The fourth-order valence-electron chi connectivity index (χ4n) is 3.10. The van der Waals surface area contributed by atoms with Crippen molar-refractivity contribution in [2.75, 3.05) is 25.1 Å². The number of amides is 1. The predicted molar refractivity (Wildman–Crippen MR) is 83.3 cm³/mol. The number of carbonyl (C=O) groups is 1. The lowest BCUT2D eigenvalue weighted by atomic mass is 9.82. The van der Waals surface area contributed by atoms with E-state index in [0.717, 1.165) is 51.1 Å². The summed E-state index contributed by atoms with van der Waals surface area (Å²) < 4.78 is 5.40. The first-order valence-corrected chi connectivity index (χ1v) is 7.86. The third-order valence-corrected chi connectivity index (χ3v) is 4.76. The molecule has 1 fully saturated rings. The van der Waals surface area contributed by atoms with Crippen LogP contribution in [0.25, 0.3) is 0 Å². The van der Waals surface area contributed by atoms with Crippen LogP contribution in [0.2, 0.25) is 0 Å². The normalized spacial score (nSPS) is 23.8. The molecule has 114 valence electrons. The van der Waals surface area contributed by atoms with Crippen LogP contribution in [0.4, 0.5) is 5.69 Å². The van der Waals surface area contributed by atoms with Crippen LogP contribution in [0.1, 0.15) is 31.7 Å². The average molecular weight is 288 g/mol. The Morgan fingerprint density at radius 2 is 2.14 bits per heavy atom. The van der Waals surface area contributed by atoms with E-state index >= 15 is 0 Å². The van der Waals surface area contributed by atoms with Crippen LogP contribution >= 0.6 is 0 Å². The van der Waals surface area contributed by atoms with Crippen molar-refractivity contribution in [3.05, 3.63) is 29.8 Å². The molecule has 0 spiro atoms. The maximum Gasteiger partial charge on any atom is 0.242 e. The summed E-state index contributed by atoms with van der Waals surface area (Å²) in [7, 11) is 0. The maximum absolute atomic E-state index is 12.4. The van der Waals surface area contributed by atoms with Crippen molar-refractivity contribution in [2.24, 2.45) is 5.41 Å². The van der Waals surface area contributed by atoms with E-state index in [1.54, 1.807) is 0 Å². The average Bonchev–Trinajstić information content (AvgIpc) is 2.53. The highest BCUT2D eigenvalue weighted by Crippen LogP contribution is 2.29. The molecular weight excluding hydrogens is 264 g/mol. The number of benzene rings is 1. The molecule has 4 heteroatoms. The number of fused-ring (bicyclic) bond motifs is 1. The minimum atomic E-state index is -0.108. The summed E-state index contributed by atoms with van der Waals surface area (Å²) in [5.41, 5.74) is 2.58. The minimum Gasteiger partial charge on any atom is -0.381 e. The lowest BCUT2D eigenvalue weighted by Crippen LogP contribution is -2.46. The van der Waals surface area contributed by atoms with Crippen molar-refractivity contribution in [2.45, 2.75) is 38.6 Å². The predicted octanol–water partition coefficient (Wildman–Crippen LogP) is 2.35. The molecule has 1 amide bonds. The molecule has 0 bridgehead atoms. The van der Waals surface area contributed by atoms with Crippen molar-refractivity contribution in [1.82, 2.24) is 5.32 Å². The Morgan fingerprint density at radius 1 is 1.38 bits per heavy atom. The molecule has 0 radical (unpaired) electrons. The molecule has 1 aromatic carbocycles. The van der Waals surface area contributed by atoms with Gasteiger partial charge in [-0.1, -0.05) is 25.1 Å². The number of hydrogen-bond donors (Lipinski definition) is 2. The van der Waals surface area contributed by atoms with Crippen molar-refractivity contribution in [1.29, 1.82) is 0 Å². The first kappa shape index (κ1) is 14.4. The van der Waals surface area contributed by atoms with E-state index < -0.39 is 0 Å². The third-order valence-electron chi connectivity index (χ3n) is 4.76. The summed E-state index contributed by atoms with van der Waals surface area (Å²) in [6.45, 7) is 4.59. The lowest BCUT2D eigenvalue weighted by Gasteiger charge is -2.34. The molecule has 4 nitrogen and oxygen atoms in total. The monoisotopic (exact) mass is 288 g/mol. The smallest absolute Gasteiger partial charge is 0.242 e. The second kappa shape index (κ2) is 6.06. The Labute approximate surface area is 126 Å². The Bertz CT molecular complexity index is 509. The van der Waals surface area contributed by atoms with Crippen LogP contribution in [0.3, 0.4) is 0 Å². The van der Waals surface area contributed by atoms with Gasteiger partial charge in [0.1, 0.15) is 6.04 Å². The van der Waals surface area contributed by atoms with Crippen LogP contribution in [-0.4, -0.2) is 31.7 Å². The van der Waals surface area contributed by atoms with Gasteiger partial charge >= 0.3 is 0 Å². The van der Waals surface area contributed by atoms with Gasteiger partial charge in [-0.25, -0.2) is 0 Å². The van der Waals surface area contributed by atoms with Crippen LogP contribution in [-0.2, 0) is 16.0 Å². The first-order chi connectivity index (χ1) is 10.2. The zero-order chi connectivity index (χ0) is 14.7. The van der Waals surface area contributed by atoms with E-state index in [0.29, 0.717) is 0 Å². The first-order valence-electron chi connectivity index (χ1n) is 7.86. The van der Waals surface area contributed by atoms with Gasteiger partial charge in [0, 0.05) is 25.4 Å². The summed E-state index contributed by atoms with van der Waals surface area (Å²) in [6, 6.07) is 8.12. The number of ether oxygens (including phenoxy) is 1. The topological polar surface area (TPSA) is 50.4 Å². The van der Waals surface area contributed by atoms with Gasteiger partial charge in [-0.15, -0.1) is 0 Å². The molecule has 1 unspecified atom stereocenters. The van der Waals surface area contributed by atoms with Crippen LogP contribution < -0.4 is 10.6 Å². The standard InChI is InChI=1S/C17H24N2O2/c1-17(8-10-21-11-9-17)12-18-16(20)15-7-6-13-4-2-3-5-14(13)19-15/h2-5,15,19H,6-12H2,1H3,(H,18,20). The molecule has 2 heterocycles. The summed E-state index contributed by atoms with van der Waals surface area (Å²) >= 11 is 0. The van der Waals surface area contributed by atoms with Gasteiger partial charge in [0.15, 0.2) is 0 Å². The molecule has 1 atom stereocenters. The van der Waals surface area contributed by atoms with Gasteiger partial charge in [-0.3, -0.25) is 4.79 Å². The molecule has 0 aromatic heterocycles. The molecule has 21 heavy (non-hydrogen) atoms. The summed E-state index contributed by atoms with van der Waals surface area (Å²) in [4.78, 5) is 12.4. The number of nitrogens with one attached hydrogen (secondary N) is 2. The molecular formula is C17H24N2O2. The number of para-hydroxylation sites is 1. The van der Waals surface area contributed by atoms with Gasteiger partial charge in [0.2, 0.25) is 5.91 Å². The Kier molecular flexibility index (Phi) is 4.15. The molecule has 0 aliphatic carbocycles. The van der Waals surface area contributed by atoms with Gasteiger partial charge in [-0.2, -0.15) is 0 Å². The second-order valence-electron chi connectivity index (χ2n) is 6.53. The number of hydrogen-bond acceptors (Lipinski definition) is 3. The fraction of sp³-hybridized carbons (Fsp3) is 0.588. The fourth-order valence-corrected chi connectivity index (χ4v) is 3.10. The van der Waals surface area contributed by atoms with Gasteiger partial charge in [-0.05, 0) is 42.7 Å². The number of anilines is 1. The summed E-state index contributed by atoms with van der Waals surface area (Å²) in [6.07, 6.45) is 3.87. The maximum atomic E-state index is 12.4. The van der Waals surface area contributed by atoms with E-state index in [-0.39, 0.29) is 17.4 Å². The Hall–Kier alpha value is -1.55. The van der Waals surface area contributed by atoms with Crippen molar-refractivity contribution in [3.63, 3.8) is 0 Å². The van der Waals surface area contributed by atoms with E-state index in [2.05, 4.69) is 29.7 Å². The molecule has 0 saturated carbocycles. The van der Waals surface area contributed by atoms with E-state index in [4.69, 9.17) is 4.74 Å². The SMILES string of the molecule is CC1(CNC(=O)C2CCc3ccccc3N2)CCOCC1. The molecule has 1 saturated heterocycles. The van der Waals surface area contributed by atoms with E-state index in [9.17, 15) is 4.79 Å².